The van der Waals surface area contributed by atoms with Crippen LogP contribution in [0.15, 0.2) is 96.1 Å². The van der Waals surface area contributed by atoms with Crippen LogP contribution in [0.5, 0.6) is 5.75 Å². The molecule has 1 N–H and O–H groups in total. The lowest BCUT2D eigenvalue weighted by molar-refractivity contribution is -0.122. The first-order valence-electron chi connectivity index (χ1n) is 13.7. The predicted octanol–water partition coefficient (Wildman–Crippen LogP) is 5.62. The molecule has 1 saturated heterocycles. The van der Waals surface area contributed by atoms with E-state index in [1.165, 1.54) is 12.0 Å². The van der Waals surface area contributed by atoms with Gasteiger partial charge in [-0.05, 0) is 65.1 Å². The lowest BCUT2D eigenvalue weighted by Gasteiger charge is -2.52. The van der Waals surface area contributed by atoms with Gasteiger partial charge in [0.15, 0.2) is 0 Å². The van der Waals surface area contributed by atoms with Crippen LogP contribution in [-0.4, -0.2) is 31.0 Å². The van der Waals surface area contributed by atoms with Crippen molar-refractivity contribution in [2.24, 2.45) is 16.9 Å². The molecule has 0 aromatic heterocycles. The van der Waals surface area contributed by atoms with E-state index in [0.717, 1.165) is 27.8 Å². The number of methoxy groups -OCH3 is 1. The molecule has 1 fully saturated rings. The molecule has 3 aliphatic carbocycles. The summed E-state index contributed by atoms with van der Waals surface area (Å²) in [6, 6.07) is 27.8. The van der Waals surface area contributed by atoms with Gasteiger partial charge in [-0.2, -0.15) is 5.10 Å². The van der Waals surface area contributed by atoms with Crippen LogP contribution in [-0.2, 0) is 15.0 Å². The second-order valence-electron chi connectivity index (χ2n) is 10.9. The summed E-state index contributed by atoms with van der Waals surface area (Å²) in [4.78, 5) is 43.1. The van der Waals surface area contributed by atoms with Crippen molar-refractivity contribution in [2.45, 2.75) is 18.3 Å². The van der Waals surface area contributed by atoms with Crippen molar-refractivity contribution in [3.63, 3.8) is 0 Å². The van der Waals surface area contributed by atoms with E-state index in [9.17, 15) is 14.4 Å². The molecule has 208 valence electrons. The maximum Gasteiger partial charge on any atom is 0.271 e. The van der Waals surface area contributed by atoms with Gasteiger partial charge in [0, 0.05) is 22.7 Å². The minimum atomic E-state index is -1.09. The molecule has 42 heavy (non-hydrogen) atoms. The Morgan fingerprint density at radius 3 is 2.29 bits per heavy atom. The minimum Gasteiger partial charge on any atom is -0.497 e. The van der Waals surface area contributed by atoms with Crippen LogP contribution in [0.3, 0.4) is 0 Å². The zero-order chi connectivity index (χ0) is 29.2. The number of halogens is 1. The summed E-state index contributed by atoms with van der Waals surface area (Å²) < 4.78 is 5.25. The highest BCUT2D eigenvalue weighted by atomic mass is 35.5. The number of hydrogen-bond acceptors (Lipinski definition) is 5. The normalized spacial score (nSPS) is 23.5. The summed E-state index contributed by atoms with van der Waals surface area (Å²) in [5, 5.41) is 4.95. The molecule has 2 bridgehead atoms. The summed E-state index contributed by atoms with van der Waals surface area (Å²) in [5.74, 6) is -2.17. The molecule has 4 aromatic rings. The first-order chi connectivity index (χ1) is 20.4. The van der Waals surface area contributed by atoms with Crippen LogP contribution in [0.4, 0.5) is 5.69 Å². The van der Waals surface area contributed by atoms with Crippen molar-refractivity contribution >= 4 is 41.2 Å². The van der Waals surface area contributed by atoms with Crippen molar-refractivity contribution in [3.8, 4) is 5.75 Å². The zero-order valence-electron chi connectivity index (χ0n) is 22.9. The summed E-state index contributed by atoms with van der Waals surface area (Å²) in [7, 11) is 1.53. The highest BCUT2D eigenvalue weighted by molar-refractivity contribution is 6.32. The average molecular weight is 576 g/mol. The fourth-order valence-electron chi connectivity index (χ4n) is 7.05. The Morgan fingerprint density at radius 2 is 1.62 bits per heavy atom. The number of hydrazone groups is 1. The highest BCUT2D eigenvalue weighted by Gasteiger charge is 2.68. The summed E-state index contributed by atoms with van der Waals surface area (Å²) in [5.41, 5.74) is 6.99. The van der Waals surface area contributed by atoms with E-state index in [0.29, 0.717) is 22.0 Å². The number of aryl methyl sites for hydroxylation is 1. The third-order valence-corrected chi connectivity index (χ3v) is 9.27. The molecular weight excluding hydrogens is 550 g/mol. The number of imide groups is 1. The van der Waals surface area contributed by atoms with Gasteiger partial charge < -0.3 is 4.74 Å². The van der Waals surface area contributed by atoms with Gasteiger partial charge in [-0.1, -0.05) is 72.3 Å². The molecule has 0 saturated carbocycles. The number of nitrogens with one attached hydrogen (secondary N) is 1. The Bertz CT molecular complexity index is 1790. The Kier molecular flexibility index (Phi) is 6.02. The SMILES string of the molecule is COc1cccc(C(=O)N/N=C\C23c4ccccc4C(c4ccccc42)[C@@H]2C(=O)N(c4ccc(C)c(Cl)c4)C(=O)[C@H]23)c1. The first kappa shape index (κ1) is 26.2. The molecule has 7 nitrogen and oxygen atoms in total. The van der Waals surface area contributed by atoms with Gasteiger partial charge in [-0.3, -0.25) is 14.4 Å². The fourth-order valence-corrected chi connectivity index (χ4v) is 7.22. The van der Waals surface area contributed by atoms with Gasteiger partial charge in [0.05, 0.1) is 30.0 Å². The number of carbonyl (C=O) groups is 3. The molecule has 0 spiro atoms. The monoisotopic (exact) mass is 575 g/mol. The molecule has 8 rings (SSSR count). The smallest absolute Gasteiger partial charge is 0.271 e. The van der Waals surface area contributed by atoms with E-state index in [1.54, 1.807) is 42.6 Å². The van der Waals surface area contributed by atoms with Crippen molar-refractivity contribution < 1.29 is 19.1 Å². The quantitative estimate of drug-likeness (QED) is 0.190. The van der Waals surface area contributed by atoms with Crippen molar-refractivity contribution in [1.82, 2.24) is 5.43 Å². The summed E-state index contributed by atoms with van der Waals surface area (Å²) in [6.45, 7) is 1.87. The van der Waals surface area contributed by atoms with Crippen LogP contribution in [0, 0.1) is 18.8 Å². The summed E-state index contributed by atoms with van der Waals surface area (Å²) in [6.07, 6.45) is 1.65. The van der Waals surface area contributed by atoms with Crippen LogP contribution in [0.2, 0.25) is 5.02 Å². The van der Waals surface area contributed by atoms with E-state index >= 15 is 0 Å². The fraction of sp³-hybridized carbons (Fsp3) is 0.176. The second-order valence-corrected chi connectivity index (χ2v) is 11.3. The third kappa shape index (κ3) is 3.59. The van der Waals surface area contributed by atoms with Crippen LogP contribution < -0.4 is 15.1 Å². The molecule has 3 amide bonds. The molecule has 0 radical (unpaired) electrons. The predicted molar refractivity (Wildman–Crippen MR) is 160 cm³/mol. The van der Waals surface area contributed by atoms with Crippen molar-refractivity contribution in [3.05, 3.63) is 129 Å². The second kappa shape index (κ2) is 9.67. The van der Waals surface area contributed by atoms with E-state index in [4.69, 9.17) is 16.3 Å². The molecule has 0 unspecified atom stereocenters. The number of ether oxygens (including phenoxy) is 1. The number of carbonyl (C=O) groups excluding carboxylic acids is 3. The van der Waals surface area contributed by atoms with Crippen molar-refractivity contribution in [2.75, 3.05) is 12.0 Å². The van der Waals surface area contributed by atoms with Crippen molar-refractivity contribution in [1.29, 1.82) is 0 Å². The van der Waals surface area contributed by atoms with Crippen LogP contribution >= 0.6 is 11.6 Å². The van der Waals surface area contributed by atoms with Gasteiger partial charge in [0.2, 0.25) is 11.8 Å². The average Bonchev–Trinajstić information content (AvgIpc) is 3.29. The Morgan fingerprint density at radius 1 is 0.929 bits per heavy atom. The highest BCUT2D eigenvalue weighted by Crippen LogP contribution is 2.63. The molecule has 4 aliphatic rings. The molecule has 4 aromatic carbocycles. The van der Waals surface area contributed by atoms with Gasteiger partial charge in [0.25, 0.3) is 5.91 Å². The Labute approximate surface area is 247 Å². The largest absolute Gasteiger partial charge is 0.497 e. The van der Waals surface area contributed by atoms with E-state index in [-0.39, 0.29) is 17.7 Å². The number of nitrogens with zero attached hydrogens (tertiary/aromatic N) is 2. The third-order valence-electron chi connectivity index (χ3n) is 8.86. The lowest BCUT2D eigenvalue weighted by Crippen LogP contribution is -2.54. The number of benzene rings is 4. The minimum absolute atomic E-state index is 0.267. The Balaban J connectivity index is 1.38. The Hall–Kier alpha value is -4.75. The molecule has 1 aliphatic heterocycles. The van der Waals surface area contributed by atoms with Gasteiger partial charge >= 0.3 is 0 Å². The van der Waals surface area contributed by atoms with E-state index in [1.807, 2.05) is 61.5 Å². The van der Waals surface area contributed by atoms with Crippen LogP contribution in [0.1, 0.15) is 44.1 Å². The molecule has 1 heterocycles. The standard InChI is InChI=1S/C34H26ClN3O4/c1-19-14-15-21(17-27(19)35)38-32(40)29-28-23-10-3-5-12-25(23)34(30(29)33(38)41,26-13-6-4-11-24(26)28)18-36-37-31(39)20-8-7-9-22(16-20)42-2/h3-18,28-30H,1-2H3,(H,37,39)/b36-18-/t28?,29-,30-,34?/m0/s1. The maximum atomic E-state index is 14.4. The maximum absolute atomic E-state index is 14.4. The zero-order valence-corrected chi connectivity index (χ0v) is 23.6. The topological polar surface area (TPSA) is 88.1 Å². The molecular formula is C34H26ClN3O4. The number of anilines is 1. The van der Waals surface area contributed by atoms with E-state index < -0.39 is 23.2 Å². The van der Waals surface area contributed by atoms with E-state index in [2.05, 4.69) is 10.5 Å². The first-order valence-corrected chi connectivity index (χ1v) is 14.1. The molecule has 8 heteroatoms. The van der Waals surface area contributed by atoms with Gasteiger partial charge in [-0.15, -0.1) is 0 Å². The number of rotatable bonds is 5. The van der Waals surface area contributed by atoms with Crippen LogP contribution in [0.25, 0.3) is 0 Å². The van der Waals surface area contributed by atoms with Gasteiger partial charge in [-0.25, -0.2) is 10.3 Å². The molecule has 2 atom stereocenters. The number of hydrogen-bond donors (Lipinski definition) is 1. The van der Waals surface area contributed by atoms with Gasteiger partial charge in [0.1, 0.15) is 5.75 Å². The summed E-state index contributed by atoms with van der Waals surface area (Å²) >= 11 is 6.43. The lowest BCUT2D eigenvalue weighted by atomic mass is 9.47. The number of amides is 3.